The zero-order chi connectivity index (χ0) is 36.3. The first-order valence-electron chi connectivity index (χ1n) is 18.7. The van der Waals surface area contributed by atoms with Crippen molar-refractivity contribution < 1.29 is 0 Å². The smallest absolute Gasteiger partial charge is 0.161 e. The molecule has 55 heavy (non-hydrogen) atoms. The number of benzene rings is 9. The second-order valence-electron chi connectivity index (χ2n) is 14.1. The lowest BCUT2D eigenvalue weighted by Gasteiger charge is -2.16. The Kier molecular flexibility index (Phi) is 7.17. The summed E-state index contributed by atoms with van der Waals surface area (Å²) in [4.78, 5) is 10.5. The van der Waals surface area contributed by atoms with Gasteiger partial charge in [-0.3, -0.25) is 0 Å². The predicted molar refractivity (Wildman–Crippen MR) is 231 cm³/mol. The van der Waals surface area contributed by atoms with E-state index in [1.807, 2.05) is 12.1 Å². The summed E-state index contributed by atoms with van der Waals surface area (Å²) in [5, 5.41) is 9.69. The second-order valence-corrected chi connectivity index (χ2v) is 14.1. The van der Waals surface area contributed by atoms with Crippen molar-refractivity contribution in [3.8, 4) is 50.7 Å². The normalized spacial score (nSPS) is 11.6. The fourth-order valence-electron chi connectivity index (χ4n) is 8.46. The van der Waals surface area contributed by atoms with Gasteiger partial charge in [0.1, 0.15) is 0 Å². The number of hydrogen-bond donors (Lipinski definition) is 0. The molecule has 11 rings (SSSR count). The SMILES string of the molecule is c1ccc(-c2cc(-c3ccccc3)nc(-c3cccc4c5ccccc5c5cc(-c6ccc7c(c6)c6ccccc6n7-c6ccccc6)ccc5c34)n2)cc1. The van der Waals surface area contributed by atoms with Crippen LogP contribution in [0.1, 0.15) is 0 Å². The Bertz CT molecular complexity index is 3180. The van der Waals surface area contributed by atoms with Gasteiger partial charge in [-0.1, -0.05) is 158 Å². The molecule has 0 spiro atoms. The van der Waals surface area contributed by atoms with Gasteiger partial charge in [-0.05, 0) is 80.5 Å². The quantitative estimate of drug-likeness (QED) is 0.167. The highest BCUT2D eigenvalue weighted by Gasteiger charge is 2.18. The Balaban J connectivity index is 1.15. The van der Waals surface area contributed by atoms with Gasteiger partial charge in [0.15, 0.2) is 5.82 Å². The van der Waals surface area contributed by atoms with Crippen molar-refractivity contribution in [2.24, 2.45) is 0 Å². The zero-order valence-electron chi connectivity index (χ0n) is 29.9. The van der Waals surface area contributed by atoms with Gasteiger partial charge in [0.05, 0.1) is 22.4 Å². The molecule has 0 radical (unpaired) electrons. The monoisotopic (exact) mass is 699 g/mol. The minimum Gasteiger partial charge on any atom is -0.309 e. The van der Waals surface area contributed by atoms with Crippen LogP contribution >= 0.6 is 0 Å². The first-order valence-corrected chi connectivity index (χ1v) is 18.7. The van der Waals surface area contributed by atoms with Crippen LogP contribution in [0.2, 0.25) is 0 Å². The molecular weight excluding hydrogens is 667 g/mol. The van der Waals surface area contributed by atoms with Gasteiger partial charge >= 0.3 is 0 Å². The third-order valence-electron chi connectivity index (χ3n) is 11.0. The number of rotatable bonds is 5. The Labute approximate surface area is 318 Å². The van der Waals surface area contributed by atoms with Gasteiger partial charge in [0.2, 0.25) is 0 Å². The summed E-state index contributed by atoms with van der Waals surface area (Å²) in [5.41, 5.74) is 10.9. The molecule has 0 aliphatic rings. The lowest BCUT2D eigenvalue weighted by Crippen LogP contribution is -1.97. The van der Waals surface area contributed by atoms with E-state index in [2.05, 4.69) is 193 Å². The summed E-state index contributed by atoms with van der Waals surface area (Å²) >= 11 is 0. The minimum atomic E-state index is 0.715. The van der Waals surface area contributed by atoms with Crippen LogP contribution < -0.4 is 0 Å². The highest BCUT2D eigenvalue weighted by atomic mass is 15.0. The summed E-state index contributed by atoms with van der Waals surface area (Å²) in [6.07, 6.45) is 0. The topological polar surface area (TPSA) is 30.7 Å². The minimum absolute atomic E-state index is 0.715. The summed E-state index contributed by atoms with van der Waals surface area (Å²) in [7, 11) is 0. The van der Waals surface area contributed by atoms with Crippen LogP contribution in [0, 0.1) is 0 Å². The van der Waals surface area contributed by atoms with E-state index in [9.17, 15) is 0 Å². The molecule has 0 atom stereocenters. The van der Waals surface area contributed by atoms with E-state index in [1.165, 1.54) is 59.9 Å². The number of para-hydroxylation sites is 2. The van der Waals surface area contributed by atoms with Crippen LogP contribution in [0.4, 0.5) is 0 Å². The molecule has 256 valence electrons. The maximum atomic E-state index is 5.27. The molecule has 0 aliphatic heterocycles. The number of aromatic nitrogens is 3. The molecule has 0 bridgehead atoms. The summed E-state index contributed by atoms with van der Waals surface area (Å²) in [6, 6.07) is 71.5. The van der Waals surface area contributed by atoms with Gasteiger partial charge in [0.25, 0.3) is 0 Å². The van der Waals surface area contributed by atoms with Gasteiger partial charge in [-0.25, -0.2) is 9.97 Å². The molecule has 3 nitrogen and oxygen atoms in total. The van der Waals surface area contributed by atoms with Gasteiger partial charge in [-0.2, -0.15) is 0 Å². The van der Waals surface area contributed by atoms with E-state index >= 15 is 0 Å². The Hall–Kier alpha value is -7.36. The highest BCUT2D eigenvalue weighted by Crippen LogP contribution is 2.42. The van der Waals surface area contributed by atoms with Gasteiger partial charge in [-0.15, -0.1) is 0 Å². The zero-order valence-corrected chi connectivity index (χ0v) is 29.9. The van der Waals surface area contributed by atoms with Crippen molar-refractivity contribution in [2.75, 3.05) is 0 Å². The van der Waals surface area contributed by atoms with Crippen molar-refractivity contribution in [3.63, 3.8) is 0 Å². The van der Waals surface area contributed by atoms with Crippen LogP contribution in [0.15, 0.2) is 200 Å². The molecule has 0 saturated heterocycles. The Morgan fingerprint density at radius 3 is 1.51 bits per heavy atom. The van der Waals surface area contributed by atoms with Crippen LogP contribution in [-0.2, 0) is 0 Å². The Morgan fingerprint density at radius 1 is 0.309 bits per heavy atom. The standard InChI is InChI=1S/C52H33N3/c1-4-15-34(16-5-1)47-33-48(35-17-6-2-7-18-35)54-52(53-47)44-25-14-24-42-39-21-10-11-22-40(39)45-31-36(27-29-43(45)51(42)44)37-28-30-50-46(32-37)41-23-12-13-26-49(41)55(50)38-19-8-3-9-20-38/h1-33H. The van der Waals surface area contributed by atoms with E-state index in [0.717, 1.165) is 39.2 Å². The molecule has 0 saturated carbocycles. The fraction of sp³-hybridized carbons (Fsp3) is 0. The van der Waals surface area contributed by atoms with Crippen molar-refractivity contribution in [2.45, 2.75) is 0 Å². The van der Waals surface area contributed by atoms with Crippen molar-refractivity contribution in [1.29, 1.82) is 0 Å². The molecule has 3 heteroatoms. The lowest BCUT2D eigenvalue weighted by atomic mass is 9.89. The molecule has 11 aromatic rings. The van der Waals surface area contributed by atoms with Crippen molar-refractivity contribution in [1.82, 2.24) is 14.5 Å². The summed E-state index contributed by atoms with van der Waals surface area (Å²) in [6.45, 7) is 0. The van der Waals surface area contributed by atoms with Gasteiger partial charge < -0.3 is 4.57 Å². The molecule has 0 N–H and O–H groups in total. The van der Waals surface area contributed by atoms with Crippen LogP contribution in [0.25, 0.3) is 105 Å². The third kappa shape index (κ3) is 5.13. The highest BCUT2D eigenvalue weighted by molar-refractivity contribution is 6.28. The molecule has 0 aliphatic carbocycles. The molecule has 2 heterocycles. The van der Waals surface area contributed by atoms with E-state index < -0.39 is 0 Å². The predicted octanol–water partition coefficient (Wildman–Crippen LogP) is 13.7. The molecule has 0 fully saturated rings. The summed E-state index contributed by atoms with van der Waals surface area (Å²) in [5.74, 6) is 0.715. The molecule has 2 aromatic heterocycles. The molecule has 0 amide bonds. The second kappa shape index (κ2) is 12.6. The molecule has 0 unspecified atom stereocenters. The average Bonchev–Trinajstić information content (AvgIpc) is 3.60. The van der Waals surface area contributed by atoms with E-state index in [0.29, 0.717) is 5.82 Å². The summed E-state index contributed by atoms with van der Waals surface area (Å²) < 4.78 is 2.37. The van der Waals surface area contributed by atoms with E-state index in [1.54, 1.807) is 0 Å². The largest absolute Gasteiger partial charge is 0.309 e. The van der Waals surface area contributed by atoms with Crippen LogP contribution in [0.3, 0.4) is 0 Å². The van der Waals surface area contributed by atoms with Gasteiger partial charge in [0, 0.05) is 38.5 Å². The number of nitrogens with zero attached hydrogens (tertiary/aromatic N) is 3. The first kappa shape index (κ1) is 31.2. The maximum Gasteiger partial charge on any atom is 0.161 e. The fourth-order valence-corrected chi connectivity index (χ4v) is 8.46. The lowest BCUT2D eigenvalue weighted by molar-refractivity contribution is 1.18. The van der Waals surface area contributed by atoms with Crippen molar-refractivity contribution >= 4 is 54.1 Å². The van der Waals surface area contributed by atoms with E-state index in [-0.39, 0.29) is 0 Å². The molecule has 9 aromatic carbocycles. The van der Waals surface area contributed by atoms with Crippen LogP contribution in [-0.4, -0.2) is 14.5 Å². The average molecular weight is 700 g/mol. The maximum absolute atomic E-state index is 5.27. The molecular formula is C52H33N3. The number of hydrogen-bond acceptors (Lipinski definition) is 2. The Morgan fingerprint density at radius 2 is 0.818 bits per heavy atom. The van der Waals surface area contributed by atoms with E-state index in [4.69, 9.17) is 9.97 Å². The van der Waals surface area contributed by atoms with Crippen LogP contribution in [0.5, 0.6) is 0 Å². The van der Waals surface area contributed by atoms with Crippen molar-refractivity contribution in [3.05, 3.63) is 200 Å². The third-order valence-corrected chi connectivity index (χ3v) is 11.0. The number of fused-ring (bicyclic) bond motifs is 9. The first-order chi connectivity index (χ1) is 27.3.